The molecule has 0 unspecified atom stereocenters. The van der Waals surface area contributed by atoms with E-state index in [0.29, 0.717) is 12.3 Å². The fraction of sp³-hybridized carbons (Fsp3) is 0.364. The van der Waals surface area contributed by atoms with Crippen LogP contribution in [0.3, 0.4) is 0 Å². The highest BCUT2D eigenvalue weighted by molar-refractivity contribution is 5.70. The van der Waals surface area contributed by atoms with E-state index in [4.69, 9.17) is 4.74 Å². The van der Waals surface area contributed by atoms with Gasteiger partial charge in [0.05, 0.1) is 0 Å². The standard InChI is InChI=1S/C11H15NO2/c1-4-12-11(13)14-10-6-5-8(2)9(3)7-10/h5-7H,4H2,1-3H3,(H,12,13). The van der Waals surface area contributed by atoms with E-state index in [0.717, 1.165) is 5.56 Å². The summed E-state index contributed by atoms with van der Waals surface area (Å²) < 4.78 is 5.04. The lowest BCUT2D eigenvalue weighted by Gasteiger charge is -2.06. The molecule has 0 saturated heterocycles. The molecule has 0 radical (unpaired) electrons. The van der Waals surface area contributed by atoms with Crippen molar-refractivity contribution >= 4 is 6.09 Å². The third kappa shape index (κ3) is 2.76. The minimum atomic E-state index is -0.407. The molecule has 0 aliphatic heterocycles. The fourth-order valence-electron chi connectivity index (χ4n) is 1.06. The van der Waals surface area contributed by atoms with E-state index >= 15 is 0 Å². The molecule has 3 nitrogen and oxygen atoms in total. The Morgan fingerprint density at radius 2 is 2.07 bits per heavy atom. The van der Waals surface area contributed by atoms with Crippen LogP contribution in [0.2, 0.25) is 0 Å². The molecule has 0 spiro atoms. The van der Waals surface area contributed by atoms with Gasteiger partial charge in [-0.25, -0.2) is 4.79 Å². The lowest BCUT2D eigenvalue weighted by Crippen LogP contribution is -2.26. The van der Waals surface area contributed by atoms with Gasteiger partial charge in [0.2, 0.25) is 0 Å². The van der Waals surface area contributed by atoms with Gasteiger partial charge in [-0.15, -0.1) is 0 Å². The number of hydrogen-bond donors (Lipinski definition) is 1. The van der Waals surface area contributed by atoms with Crippen molar-refractivity contribution in [2.75, 3.05) is 6.54 Å². The molecule has 1 N–H and O–H groups in total. The summed E-state index contributed by atoms with van der Waals surface area (Å²) in [7, 11) is 0. The number of benzene rings is 1. The maximum atomic E-state index is 11.1. The maximum absolute atomic E-state index is 11.1. The van der Waals surface area contributed by atoms with Gasteiger partial charge in [-0.05, 0) is 44.0 Å². The predicted molar refractivity (Wildman–Crippen MR) is 55.6 cm³/mol. The zero-order valence-electron chi connectivity index (χ0n) is 8.76. The van der Waals surface area contributed by atoms with Crippen LogP contribution in [0.25, 0.3) is 0 Å². The van der Waals surface area contributed by atoms with Gasteiger partial charge in [0.25, 0.3) is 0 Å². The van der Waals surface area contributed by atoms with E-state index in [-0.39, 0.29) is 0 Å². The summed E-state index contributed by atoms with van der Waals surface area (Å²) in [6.45, 7) is 6.43. The van der Waals surface area contributed by atoms with Crippen LogP contribution in [-0.2, 0) is 0 Å². The van der Waals surface area contributed by atoms with Crippen molar-refractivity contribution in [3.05, 3.63) is 29.3 Å². The Bertz CT molecular complexity index is 334. The van der Waals surface area contributed by atoms with Crippen LogP contribution >= 0.6 is 0 Å². The van der Waals surface area contributed by atoms with Crippen LogP contribution in [0.5, 0.6) is 5.75 Å². The SMILES string of the molecule is CCNC(=O)Oc1ccc(C)c(C)c1. The second-order valence-corrected chi connectivity index (χ2v) is 3.17. The van der Waals surface area contributed by atoms with Crippen molar-refractivity contribution < 1.29 is 9.53 Å². The first-order valence-electron chi connectivity index (χ1n) is 4.66. The van der Waals surface area contributed by atoms with Crippen LogP contribution in [0.1, 0.15) is 18.1 Å². The van der Waals surface area contributed by atoms with Crippen molar-refractivity contribution in [3.8, 4) is 5.75 Å². The highest BCUT2D eigenvalue weighted by Crippen LogP contribution is 2.16. The van der Waals surface area contributed by atoms with Gasteiger partial charge in [0.1, 0.15) is 5.75 Å². The van der Waals surface area contributed by atoms with Crippen LogP contribution in [0, 0.1) is 13.8 Å². The summed E-state index contributed by atoms with van der Waals surface area (Å²) >= 11 is 0. The predicted octanol–water partition coefficient (Wildman–Crippen LogP) is 2.41. The summed E-state index contributed by atoms with van der Waals surface area (Å²) in [4.78, 5) is 11.1. The smallest absolute Gasteiger partial charge is 0.410 e. The van der Waals surface area contributed by atoms with E-state index in [1.807, 2.05) is 32.9 Å². The van der Waals surface area contributed by atoms with Gasteiger partial charge in [0, 0.05) is 6.54 Å². The molecule has 0 aliphatic carbocycles. The molecule has 1 amide bonds. The Balaban J connectivity index is 2.68. The monoisotopic (exact) mass is 193 g/mol. The number of carbonyl (C=O) groups is 1. The molecule has 76 valence electrons. The molecule has 0 aliphatic rings. The van der Waals surface area contributed by atoms with E-state index in [9.17, 15) is 4.79 Å². The molecule has 0 bridgehead atoms. The van der Waals surface area contributed by atoms with Gasteiger partial charge < -0.3 is 10.1 Å². The fourth-order valence-corrected chi connectivity index (χ4v) is 1.06. The molecule has 1 aromatic carbocycles. The number of nitrogens with one attached hydrogen (secondary N) is 1. The summed E-state index contributed by atoms with van der Waals surface area (Å²) in [5.41, 5.74) is 2.31. The van der Waals surface area contributed by atoms with E-state index in [2.05, 4.69) is 5.32 Å². The number of carbonyl (C=O) groups excluding carboxylic acids is 1. The Labute approximate surface area is 84.1 Å². The molecule has 0 aromatic heterocycles. The quantitative estimate of drug-likeness (QED) is 0.783. The summed E-state index contributed by atoms with van der Waals surface area (Å²) in [6.07, 6.45) is -0.407. The van der Waals surface area contributed by atoms with Crippen LogP contribution in [-0.4, -0.2) is 12.6 Å². The lowest BCUT2D eigenvalue weighted by molar-refractivity contribution is 0.201. The summed E-state index contributed by atoms with van der Waals surface area (Å²) in [5, 5.41) is 2.57. The first-order valence-corrected chi connectivity index (χ1v) is 4.66. The normalized spacial score (nSPS) is 9.64. The molecular formula is C11H15NO2. The molecule has 3 heteroatoms. The topological polar surface area (TPSA) is 38.3 Å². The third-order valence-corrected chi connectivity index (χ3v) is 2.01. The van der Waals surface area contributed by atoms with Crippen molar-refractivity contribution in [1.82, 2.24) is 5.32 Å². The zero-order chi connectivity index (χ0) is 10.6. The van der Waals surface area contributed by atoms with Crippen LogP contribution < -0.4 is 10.1 Å². The highest BCUT2D eigenvalue weighted by Gasteiger charge is 2.02. The lowest BCUT2D eigenvalue weighted by atomic mass is 10.1. The molecule has 0 heterocycles. The van der Waals surface area contributed by atoms with Crippen LogP contribution in [0.15, 0.2) is 18.2 Å². The first kappa shape index (κ1) is 10.6. The Hall–Kier alpha value is -1.51. The number of hydrogen-bond acceptors (Lipinski definition) is 2. The second-order valence-electron chi connectivity index (χ2n) is 3.17. The van der Waals surface area contributed by atoms with Crippen molar-refractivity contribution in [3.63, 3.8) is 0 Å². The van der Waals surface area contributed by atoms with Crippen LogP contribution in [0.4, 0.5) is 4.79 Å². The van der Waals surface area contributed by atoms with E-state index in [1.54, 1.807) is 6.07 Å². The molecule has 14 heavy (non-hydrogen) atoms. The average Bonchev–Trinajstić information content (AvgIpc) is 2.12. The van der Waals surface area contributed by atoms with Gasteiger partial charge in [0.15, 0.2) is 0 Å². The molecular weight excluding hydrogens is 178 g/mol. The maximum Gasteiger partial charge on any atom is 0.412 e. The number of ether oxygens (including phenoxy) is 1. The van der Waals surface area contributed by atoms with Gasteiger partial charge in [-0.1, -0.05) is 6.07 Å². The van der Waals surface area contributed by atoms with Gasteiger partial charge >= 0.3 is 6.09 Å². The molecule has 0 saturated carbocycles. The molecule has 1 rings (SSSR count). The summed E-state index contributed by atoms with van der Waals surface area (Å²) in [6, 6.07) is 5.58. The number of rotatable bonds is 2. The zero-order valence-corrected chi connectivity index (χ0v) is 8.76. The largest absolute Gasteiger partial charge is 0.412 e. The minimum absolute atomic E-state index is 0.407. The van der Waals surface area contributed by atoms with Crippen molar-refractivity contribution in [2.45, 2.75) is 20.8 Å². The highest BCUT2D eigenvalue weighted by atomic mass is 16.5. The number of amides is 1. The minimum Gasteiger partial charge on any atom is -0.410 e. The average molecular weight is 193 g/mol. The van der Waals surface area contributed by atoms with E-state index < -0.39 is 6.09 Å². The Morgan fingerprint density at radius 1 is 1.36 bits per heavy atom. The van der Waals surface area contributed by atoms with Crippen molar-refractivity contribution in [1.29, 1.82) is 0 Å². The molecule has 1 aromatic rings. The Kier molecular flexibility index (Phi) is 3.51. The molecule has 0 atom stereocenters. The second kappa shape index (κ2) is 4.65. The van der Waals surface area contributed by atoms with Crippen molar-refractivity contribution in [2.24, 2.45) is 0 Å². The number of aryl methyl sites for hydroxylation is 2. The van der Waals surface area contributed by atoms with E-state index in [1.165, 1.54) is 5.56 Å². The molecule has 0 fully saturated rings. The Morgan fingerprint density at radius 3 is 2.64 bits per heavy atom. The van der Waals surface area contributed by atoms with Gasteiger partial charge in [-0.2, -0.15) is 0 Å². The first-order chi connectivity index (χ1) is 6.63. The third-order valence-electron chi connectivity index (χ3n) is 2.01. The summed E-state index contributed by atoms with van der Waals surface area (Å²) in [5.74, 6) is 0.582. The van der Waals surface area contributed by atoms with Gasteiger partial charge in [-0.3, -0.25) is 0 Å².